The normalized spacial score (nSPS) is 13.6. The summed E-state index contributed by atoms with van der Waals surface area (Å²) in [5.74, 6) is 0. The minimum Gasteiger partial charge on any atom is -0.311 e. The quantitative estimate of drug-likeness (QED) is 0.154. The van der Waals surface area contributed by atoms with Crippen LogP contribution in [-0.2, 0) is 5.41 Å². The molecule has 0 N–H and O–H groups in total. The van der Waals surface area contributed by atoms with Gasteiger partial charge in [0.25, 0.3) is 6.71 Å². The van der Waals surface area contributed by atoms with Gasteiger partial charge in [0, 0.05) is 51.2 Å². The Morgan fingerprint density at radius 3 is 1.49 bits per heavy atom. The van der Waals surface area contributed by atoms with Gasteiger partial charge < -0.3 is 14.7 Å². The Morgan fingerprint density at radius 1 is 0.329 bits per heavy atom. The highest BCUT2D eigenvalue weighted by atomic mass is 15.2. The maximum absolute atomic E-state index is 2.58. The largest absolute Gasteiger partial charge is 0.311 e. The Balaban J connectivity index is 0.991. The van der Waals surface area contributed by atoms with Crippen molar-refractivity contribution < 1.29 is 0 Å². The van der Waals surface area contributed by atoms with Crippen LogP contribution >= 0.6 is 0 Å². The average molecular weight is 930 g/mol. The van der Waals surface area contributed by atoms with Gasteiger partial charge in [-0.15, -0.1) is 0 Å². The van der Waals surface area contributed by atoms with Crippen LogP contribution in [0.5, 0.6) is 0 Å². The first kappa shape index (κ1) is 41.6. The first-order chi connectivity index (χ1) is 36.0. The van der Waals surface area contributed by atoms with Gasteiger partial charge in [-0.05, 0) is 176 Å². The minimum absolute atomic E-state index is 0.00606. The van der Waals surface area contributed by atoms with E-state index in [1.54, 1.807) is 0 Å². The van der Waals surface area contributed by atoms with Crippen molar-refractivity contribution in [1.29, 1.82) is 0 Å². The molecule has 1 spiro atoms. The topological polar surface area (TPSA) is 9.72 Å². The second-order valence-corrected chi connectivity index (χ2v) is 20.2. The molecule has 342 valence electrons. The molecule has 73 heavy (non-hydrogen) atoms. The van der Waals surface area contributed by atoms with Crippen LogP contribution in [0, 0.1) is 13.8 Å². The lowest BCUT2D eigenvalue weighted by Crippen LogP contribution is -2.61. The highest BCUT2D eigenvalue weighted by Gasteiger charge is 2.52. The summed E-state index contributed by atoms with van der Waals surface area (Å²) in [6.07, 6.45) is 0. The highest BCUT2D eigenvalue weighted by molar-refractivity contribution is 7.00. The fourth-order valence-electron chi connectivity index (χ4n) is 13.2. The summed E-state index contributed by atoms with van der Waals surface area (Å²) in [4.78, 5) is 7.53. The van der Waals surface area contributed by atoms with E-state index in [0.717, 1.165) is 28.4 Å². The Hall–Kier alpha value is -9.12. The monoisotopic (exact) mass is 929 g/mol. The maximum atomic E-state index is 2.58. The van der Waals surface area contributed by atoms with Crippen molar-refractivity contribution in [3.8, 4) is 33.4 Å². The van der Waals surface area contributed by atoms with Gasteiger partial charge in [0.2, 0.25) is 0 Å². The lowest BCUT2D eigenvalue weighted by molar-refractivity contribution is 0.794. The van der Waals surface area contributed by atoms with Gasteiger partial charge in [-0.1, -0.05) is 176 Å². The van der Waals surface area contributed by atoms with Crippen LogP contribution in [0.3, 0.4) is 0 Å². The maximum Gasteiger partial charge on any atom is 0.252 e. The Morgan fingerprint density at radius 2 is 0.849 bits per heavy atom. The molecule has 15 rings (SSSR count). The number of fused-ring (bicyclic) bond motifs is 14. The molecule has 4 heteroatoms. The predicted molar refractivity (Wildman–Crippen MR) is 306 cm³/mol. The van der Waals surface area contributed by atoms with Crippen LogP contribution in [-0.4, -0.2) is 6.71 Å². The van der Waals surface area contributed by atoms with E-state index in [4.69, 9.17) is 0 Å². The summed E-state index contributed by atoms with van der Waals surface area (Å²) in [7, 11) is 0. The summed E-state index contributed by atoms with van der Waals surface area (Å²) in [5.41, 5.74) is 29.2. The molecule has 2 aliphatic heterocycles. The van der Waals surface area contributed by atoms with Crippen LogP contribution in [0.25, 0.3) is 33.4 Å². The fourth-order valence-corrected chi connectivity index (χ4v) is 13.2. The molecule has 4 aliphatic rings. The van der Waals surface area contributed by atoms with Crippen molar-refractivity contribution >= 4 is 74.3 Å². The third-order valence-electron chi connectivity index (χ3n) is 16.1. The molecule has 0 unspecified atom stereocenters. The predicted octanol–water partition coefficient (Wildman–Crippen LogP) is 15.9. The second kappa shape index (κ2) is 15.9. The van der Waals surface area contributed by atoms with Crippen LogP contribution < -0.4 is 31.1 Å². The van der Waals surface area contributed by atoms with Gasteiger partial charge in [0.15, 0.2) is 0 Å². The van der Waals surface area contributed by atoms with Gasteiger partial charge in [-0.3, -0.25) is 0 Å². The van der Waals surface area contributed by atoms with Gasteiger partial charge >= 0.3 is 0 Å². The van der Waals surface area contributed by atoms with E-state index in [-0.39, 0.29) is 6.71 Å². The van der Waals surface area contributed by atoms with Crippen molar-refractivity contribution in [3.63, 3.8) is 0 Å². The van der Waals surface area contributed by atoms with Crippen LogP contribution in [0.2, 0.25) is 0 Å². The van der Waals surface area contributed by atoms with E-state index in [2.05, 4.69) is 283 Å². The van der Waals surface area contributed by atoms with Gasteiger partial charge in [0.05, 0.1) is 5.41 Å². The molecule has 2 aliphatic carbocycles. The Bertz CT molecular complexity index is 3950. The molecule has 0 bridgehead atoms. The molecule has 2 heterocycles. The minimum atomic E-state index is -0.416. The second-order valence-electron chi connectivity index (χ2n) is 20.2. The van der Waals surface area contributed by atoms with Gasteiger partial charge in [0.1, 0.15) is 0 Å². The Kier molecular flexibility index (Phi) is 9.10. The number of para-hydroxylation sites is 3. The zero-order chi connectivity index (χ0) is 48.4. The number of nitrogens with zero attached hydrogens (tertiary/aromatic N) is 3. The van der Waals surface area contributed by atoms with Crippen molar-refractivity contribution in [3.05, 3.63) is 288 Å². The zero-order valence-corrected chi connectivity index (χ0v) is 40.7. The van der Waals surface area contributed by atoms with Crippen molar-refractivity contribution in [1.82, 2.24) is 0 Å². The lowest BCUT2D eigenvalue weighted by Gasteiger charge is -2.44. The molecule has 0 atom stereocenters. The lowest BCUT2D eigenvalue weighted by atomic mass is 9.33. The molecule has 0 aromatic heterocycles. The number of benzene rings is 11. The SMILES string of the molecule is Cc1cc(N(c2ccccc2)c2ccccc2)cc(N2c3cc(C)ccc3B3c4ccccc4N(c4ccc5c(c4)-c4ccccc4C54c5ccccc5-c5ccccc54)c4cc(-c5ccccc5)cc2c43)c1. The van der Waals surface area contributed by atoms with Crippen LogP contribution in [0.4, 0.5) is 51.2 Å². The van der Waals surface area contributed by atoms with Gasteiger partial charge in [-0.25, -0.2) is 0 Å². The molecule has 11 aromatic rings. The third kappa shape index (κ3) is 6.01. The first-order valence-corrected chi connectivity index (χ1v) is 25.5. The van der Waals surface area contributed by atoms with Gasteiger partial charge in [-0.2, -0.15) is 0 Å². The molecule has 0 amide bonds. The summed E-state index contributed by atoms with van der Waals surface area (Å²) in [5, 5.41) is 0. The standard InChI is InChI=1S/C69H48BN3/c1-45-34-37-63-65(40-45)73(53-39-46(2)38-52(43-53)71(49-22-8-4-9-23-49)50-24-10-5-11-25-50)67-42-48(47-20-6-3-7-21-47)41-66-68(67)70(63)62-32-18-19-33-64(62)72(66)51-35-36-61-57(44-51)56-28-14-17-31-60(56)69(61)58-29-15-12-26-54(58)55-27-13-16-30-59(55)69/h3-44H,1-2H3. The third-order valence-corrected chi connectivity index (χ3v) is 16.1. The summed E-state index contributed by atoms with van der Waals surface area (Å²) in [6.45, 7) is 4.45. The summed E-state index contributed by atoms with van der Waals surface area (Å²) < 4.78 is 0. The average Bonchev–Trinajstić information content (AvgIpc) is 3.92. The van der Waals surface area contributed by atoms with Crippen molar-refractivity contribution in [2.24, 2.45) is 0 Å². The summed E-state index contributed by atoms with van der Waals surface area (Å²) in [6, 6.07) is 95.4. The van der Waals surface area contributed by atoms with Crippen molar-refractivity contribution in [2.45, 2.75) is 19.3 Å². The van der Waals surface area contributed by atoms with Crippen LogP contribution in [0.1, 0.15) is 33.4 Å². The van der Waals surface area contributed by atoms with E-state index in [0.29, 0.717) is 0 Å². The number of hydrogen-bond acceptors (Lipinski definition) is 3. The van der Waals surface area contributed by atoms with E-state index < -0.39 is 5.41 Å². The number of anilines is 9. The Labute approximate surface area is 427 Å². The van der Waals surface area contributed by atoms with E-state index in [1.165, 1.54) is 106 Å². The van der Waals surface area contributed by atoms with E-state index in [1.807, 2.05) is 0 Å². The molecule has 0 saturated heterocycles. The molecule has 0 radical (unpaired) electrons. The van der Waals surface area contributed by atoms with Crippen LogP contribution in [0.15, 0.2) is 255 Å². The van der Waals surface area contributed by atoms with E-state index >= 15 is 0 Å². The van der Waals surface area contributed by atoms with Crippen molar-refractivity contribution in [2.75, 3.05) is 14.7 Å². The zero-order valence-electron chi connectivity index (χ0n) is 40.7. The molecule has 0 fully saturated rings. The highest BCUT2D eigenvalue weighted by Crippen LogP contribution is 2.63. The molecular weight excluding hydrogens is 882 g/mol. The smallest absolute Gasteiger partial charge is 0.252 e. The molecular formula is C69H48BN3. The molecule has 11 aromatic carbocycles. The fraction of sp³-hybridized carbons (Fsp3) is 0.0435. The summed E-state index contributed by atoms with van der Waals surface area (Å²) >= 11 is 0. The van der Waals surface area contributed by atoms with E-state index in [9.17, 15) is 0 Å². The molecule has 0 saturated carbocycles. The number of aryl methyl sites for hydroxylation is 2. The number of hydrogen-bond donors (Lipinski definition) is 0. The number of rotatable bonds is 6. The molecule has 3 nitrogen and oxygen atoms in total. The first-order valence-electron chi connectivity index (χ1n) is 25.5.